The molecule has 0 unspecified atom stereocenters. The molecule has 1 aliphatic rings. The van der Waals surface area contributed by atoms with Gasteiger partial charge in [-0.1, -0.05) is 23.7 Å². The van der Waals surface area contributed by atoms with Crippen molar-refractivity contribution < 1.29 is 22.7 Å². The summed E-state index contributed by atoms with van der Waals surface area (Å²) in [6.45, 7) is 0. The van der Waals surface area contributed by atoms with E-state index in [0.717, 1.165) is 0 Å². The predicted octanol–water partition coefficient (Wildman–Crippen LogP) is 2.78. The molecule has 0 saturated carbocycles. The summed E-state index contributed by atoms with van der Waals surface area (Å²) in [5.74, 6) is 2.62. The lowest BCUT2D eigenvalue weighted by Gasteiger charge is -2.05. The van der Waals surface area contributed by atoms with E-state index in [4.69, 9.17) is 10.8 Å². The Morgan fingerprint density at radius 2 is 2.15 bits per heavy atom. The molecule has 0 spiro atoms. The number of halogens is 2. The molecule has 0 atom stereocenters. The van der Waals surface area contributed by atoms with E-state index >= 15 is 0 Å². The van der Waals surface area contributed by atoms with Crippen molar-refractivity contribution in [3.05, 3.63) is 18.2 Å². The Morgan fingerprint density at radius 1 is 1.30 bits per heavy atom. The highest BCUT2D eigenvalue weighted by Gasteiger charge is 2.45. The Morgan fingerprint density at radius 3 is 2.95 bits per heavy atom. The maximum atomic E-state index is 13.1. The molecule has 5 nitrogen and oxygen atoms in total. The normalized spacial score (nSPS) is 15.1. The molecule has 102 valence electrons. The van der Waals surface area contributed by atoms with Gasteiger partial charge in [0.15, 0.2) is 11.5 Å². The van der Waals surface area contributed by atoms with Gasteiger partial charge >= 0.3 is 6.29 Å². The van der Waals surface area contributed by atoms with Gasteiger partial charge in [-0.2, -0.15) is 0 Å². The number of fused-ring (bicyclic) bond motifs is 1. The molecule has 1 aromatic carbocycles. The molecule has 0 radical (unpaired) electrons. The van der Waals surface area contributed by atoms with Gasteiger partial charge in [0, 0.05) is 0 Å². The number of hydrogen-bond acceptors (Lipinski definition) is 6. The number of hydrogen-bond donors (Lipinski definition) is 0. The van der Waals surface area contributed by atoms with Crippen molar-refractivity contribution in [1.29, 1.82) is 0 Å². The summed E-state index contributed by atoms with van der Waals surface area (Å²) in [5.41, 5.74) is 0.236. The number of nitrogens with zero attached hydrogens (tertiary/aromatic N) is 2. The van der Waals surface area contributed by atoms with Gasteiger partial charge in [-0.05, 0) is 12.1 Å². The minimum absolute atomic E-state index is 0.0580. The molecule has 1 aromatic heterocycles. The largest absolute Gasteiger partial charge is 0.586 e. The van der Waals surface area contributed by atoms with Crippen molar-refractivity contribution in [1.82, 2.24) is 10.2 Å². The van der Waals surface area contributed by atoms with Crippen LogP contribution in [-0.4, -0.2) is 22.2 Å². The second-order valence-electron chi connectivity index (χ2n) is 3.67. The summed E-state index contributed by atoms with van der Waals surface area (Å²) >= 11 is 1.17. The van der Waals surface area contributed by atoms with Gasteiger partial charge in [-0.25, -0.2) is 0 Å². The molecule has 20 heavy (non-hydrogen) atoms. The molecule has 0 saturated heterocycles. The lowest BCUT2D eigenvalue weighted by atomic mass is 10.2. The number of para-hydroxylation sites is 1. The number of alkyl halides is 2. The Kier molecular flexibility index (Phi) is 2.99. The van der Waals surface area contributed by atoms with Gasteiger partial charge < -0.3 is 13.9 Å². The van der Waals surface area contributed by atoms with E-state index in [1.165, 1.54) is 30.0 Å². The van der Waals surface area contributed by atoms with Crippen LogP contribution in [0.4, 0.5) is 8.78 Å². The van der Waals surface area contributed by atoms with Gasteiger partial charge in [0.05, 0.1) is 11.3 Å². The van der Waals surface area contributed by atoms with E-state index in [2.05, 4.69) is 25.6 Å². The summed E-state index contributed by atoms with van der Waals surface area (Å²) in [7, 11) is 0. The third-order valence-electron chi connectivity index (χ3n) is 2.34. The van der Waals surface area contributed by atoms with Crippen molar-refractivity contribution >= 4 is 11.8 Å². The first-order chi connectivity index (χ1) is 9.59. The van der Waals surface area contributed by atoms with Crippen molar-refractivity contribution in [3.8, 4) is 35.3 Å². The smallest absolute Gasteiger partial charge is 0.411 e. The second-order valence-corrected chi connectivity index (χ2v) is 4.59. The van der Waals surface area contributed by atoms with E-state index in [1.54, 1.807) is 0 Å². The third-order valence-corrected chi connectivity index (χ3v) is 3.07. The molecular weight excluding hydrogens is 290 g/mol. The standard InChI is InChI=1S/C12H6F2N2O3S/c1-2-6-20-11-16-15-10(17-11)7-4-3-5-8-9(7)19-12(13,14)18-8/h1,3-5H,6H2. The van der Waals surface area contributed by atoms with Crippen LogP contribution in [0.3, 0.4) is 0 Å². The van der Waals surface area contributed by atoms with Crippen LogP contribution in [0.25, 0.3) is 11.5 Å². The fourth-order valence-electron chi connectivity index (χ4n) is 1.62. The summed E-state index contributed by atoms with van der Waals surface area (Å²) in [6, 6.07) is 4.41. The average molecular weight is 296 g/mol. The zero-order valence-electron chi connectivity index (χ0n) is 9.80. The fraction of sp³-hybridized carbons (Fsp3) is 0.167. The van der Waals surface area contributed by atoms with Crippen LogP contribution in [-0.2, 0) is 0 Å². The molecule has 3 rings (SSSR count). The molecular formula is C12H6F2N2O3S. The van der Waals surface area contributed by atoms with Crippen molar-refractivity contribution in [3.63, 3.8) is 0 Å². The summed E-state index contributed by atoms with van der Waals surface area (Å²) in [4.78, 5) is 0. The minimum atomic E-state index is -3.69. The number of benzene rings is 1. The second kappa shape index (κ2) is 4.68. The first-order valence-electron chi connectivity index (χ1n) is 5.38. The van der Waals surface area contributed by atoms with E-state index in [1.807, 2.05) is 0 Å². The first kappa shape index (κ1) is 12.7. The zero-order chi connectivity index (χ0) is 14.2. The zero-order valence-corrected chi connectivity index (χ0v) is 10.6. The minimum Gasteiger partial charge on any atom is -0.411 e. The van der Waals surface area contributed by atoms with Crippen LogP contribution < -0.4 is 9.47 Å². The van der Waals surface area contributed by atoms with Crippen molar-refractivity contribution in [2.45, 2.75) is 11.5 Å². The number of terminal acetylenes is 1. The van der Waals surface area contributed by atoms with Crippen LogP contribution in [0.2, 0.25) is 0 Å². The van der Waals surface area contributed by atoms with E-state index in [9.17, 15) is 8.78 Å². The third kappa shape index (κ3) is 2.28. The Labute approximate surface area is 116 Å². The lowest BCUT2D eigenvalue weighted by molar-refractivity contribution is -0.286. The van der Waals surface area contributed by atoms with Gasteiger partial charge in [0.1, 0.15) is 0 Å². The Hall–Kier alpha value is -2.27. The number of ether oxygens (including phenoxy) is 2. The van der Waals surface area contributed by atoms with E-state index < -0.39 is 6.29 Å². The molecule has 2 heterocycles. The molecule has 8 heteroatoms. The van der Waals surface area contributed by atoms with Crippen LogP contribution in [0.5, 0.6) is 11.5 Å². The lowest BCUT2D eigenvalue weighted by Crippen LogP contribution is -2.26. The maximum absolute atomic E-state index is 13.1. The Bertz CT molecular complexity index is 696. The van der Waals surface area contributed by atoms with Gasteiger partial charge in [0.2, 0.25) is 0 Å². The van der Waals surface area contributed by atoms with Crippen LogP contribution >= 0.6 is 11.8 Å². The average Bonchev–Trinajstić information content (AvgIpc) is 2.97. The number of rotatable bonds is 3. The van der Waals surface area contributed by atoms with Crippen LogP contribution in [0.1, 0.15) is 0 Å². The van der Waals surface area contributed by atoms with E-state index in [0.29, 0.717) is 5.75 Å². The predicted molar refractivity (Wildman–Crippen MR) is 65.5 cm³/mol. The van der Waals surface area contributed by atoms with Crippen molar-refractivity contribution in [2.75, 3.05) is 5.75 Å². The molecule has 0 fully saturated rings. The molecule has 0 bridgehead atoms. The molecule has 0 N–H and O–H groups in total. The topological polar surface area (TPSA) is 57.4 Å². The van der Waals surface area contributed by atoms with Crippen molar-refractivity contribution in [2.24, 2.45) is 0 Å². The van der Waals surface area contributed by atoms with Crippen LogP contribution in [0, 0.1) is 12.3 Å². The SMILES string of the molecule is C#CCSc1nnc(-c2cccc3c2OC(F)(F)O3)o1. The quantitative estimate of drug-likeness (QED) is 0.641. The highest BCUT2D eigenvalue weighted by Crippen LogP contribution is 2.46. The highest BCUT2D eigenvalue weighted by molar-refractivity contribution is 7.99. The molecule has 2 aromatic rings. The molecule has 0 amide bonds. The van der Waals surface area contributed by atoms with Gasteiger partial charge in [-0.15, -0.1) is 25.4 Å². The molecule has 1 aliphatic heterocycles. The highest BCUT2D eigenvalue weighted by atomic mass is 32.2. The number of aromatic nitrogens is 2. The Balaban J connectivity index is 1.95. The fourth-order valence-corrected chi connectivity index (χ4v) is 2.06. The van der Waals surface area contributed by atoms with Gasteiger partial charge in [-0.3, -0.25) is 0 Å². The maximum Gasteiger partial charge on any atom is 0.586 e. The number of thioether (sulfide) groups is 1. The molecule has 0 aliphatic carbocycles. The van der Waals surface area contributed by atoms with Crippen LogP contribution in [0.15, 0.2) is 27.8 Å². The van der Waals surface area contributed by atoms with Gasteiger partial charge in [0.25, 0.3) is 11.1 Å². The summed E-state index contributed by atoms with van der Waals surface area (Å²) in [6.07, 6.45) is 1.42. The summed E-state index contributed by atoms with van der Waals surface area (Å²) in [5, 5.41) is 7.79. The monoisotopic (exact) mass is 296 g/mol. The first-order valence-corrected chi connectivity index (χ1v) is 6.36. The van der Waals surface area contributed by atoms with E-state index in [-0.39, 0.29) is 28.2 Å². The summed E-state index contributed by atoms with van der Waals surface area (Å²) < 4.78 is 40.3.